The van der Waals surface area contributed by atoms with Gasteiger partial charge in [0.2, 0.25) is 0 Å². The van der Waals surface area contributed by atoms with E-state index in [1.54, 1.807) is 0 Å². The molecule has 0 radical (unpaired) electrons. The molecular formula is C14H16BrN3. The number of halogens is 1. The molecule has 0 aliphatic carbocycles. The lowest BCUT2D eigenvalue weighted by Crippen LogP contribution is -2.32. The molecule has 4 heteroatoms. The van der Waals surface area contributed by atoms with Gasteiger partial charge in [-0.1, -0.05) is 34.1 Å². The summed E-state index contributed by atoms with van der Waals surface area (Å²) in [6.07, 6.45) is 4.97. The Kier molecular flexibility index (Phi) is 3.22. The van der Waals surface area contributed by atoms with Gasteiger partial charge in [-0.3, -0.25) is 0 Å². The maximum absolute atomic E-state index is 6.04. The topological polar surface area (TPSA) is 43.8 Å². The van der Waals surface area contributed by atoms with Crippen LogP contribution in [0.1, 0.15) is 23.5 Å². The summed E-state index contributed by atoms with van der Waals surface area (Å²) in [5.74, 6) is 1.12. The first-order valence-electron chi connectivity index (χ1n) is 6.26. The molecule has 0 bridgehead atoms. The molecule has 0 amide bonds. The zero-order valence-corrected chi connectivity index (χ0v) is 11.7. The summed E-state index contributed by atoms with van der Waals surface area (Å²) in [5, 5.41) is 0. The van der Waals surface area contributed by atoms with E-state index in [1.807, 2.05) is 12.3 Å². The van der Waals surface area contributed by atoms with E-state index in [9.17, 15) is 0 Å². The lowest BCUT2D eigenvalue weighted by atomic mass is 10.1. The highest BCUT2D eigenvalue weighted by atomic mass is 79.9. The predicted octanol–water partition coefficient (Wildman–Crippen LogP) is 2.51. The molecule has 3 rings (SSSR count). The number of imidazole rings is 1. The number of nitrogens with zero attached hydrogens (tertiary/aromatic N) is 2. The minimum Gasteiger partial charge on any atom is -0.330 e. The van der Waals surface area contributed by atoms with Crippen molar-refractivity contribution in [3.05, 3.63) is 52.0 Å². The molecule has 1 aliphatic heterocycles. The van der Waals surface area contributed by atoms with Gasteiger partial charge < -0.3 is 10.3 Å². The minimum atomic E-state index is 0.268. The first kappa shape index (κ1) is 11.9. The largest absolute Gasteiger partial charge is 0.330 e. The molecule has 18 heavy (non-hydrogen) atoms. The Morgan fingerprint density at radius 3 is 3.06 bits per heavy atom. The summed E-state index contributed by atoms with van der Waals surface area (Å²) in [6.45, 7) is 0.898. The summed E-state index contributed by atoms with van der Waals surface area (Å²) >= 11 is 3.59. The van der Waals surface area contributed by atoms with Crippen LogP contribution in [0.15, 0.2) is 34.9 Å². The smallest absolute Gasteiger partial charge is 0.113 e. The second kappa shape index (κ2) is 4.86. The van der Waals surface area contributed by atoms with Crippen molar-refractivity contribution in [2.45, 2.75) is 31.8 Å². The second-order valence-electron chi connectivity index (χ2n) is 4.84. The van der Waals surface area contributed by atoms with Gasteiger partial charge in [-0.25, -0.2) is 4.98 Å². The Labute approximate surface area is 115 Å². The number of fused-ring (bicyclic) bond motifs is 1. The molecule has 1 unspecified atom stereocenters. The number of hydrogen-bond donors (Lipinski definition) is 1. The molecule has 3 nitrogen and oxygen atoms in total. The third-order valence-electron chi connectivity index (χ3n) is 3.52. The monoisotopic (exact) mass is 305 g/mol. The van der Waals surface area contributed by atoms with Crippen molar-refractivity contribution < 1.29 is 0 Å². The highest BCUT2D eigenvalue weighted by molar-refractivity contribution is 9.10. The van der Waals surface area contributed by atoms with Gasteiger partial charge in [0.05, 0.1) is 0 Å². The molecule has 0 fully saturated rings. The van der Waals surface area contributed by atoms with Gasteiger partial charge in [-0.15, -0.1) is 0 Å². The Bertz CT molecular complexity index is 562. The molecule has 2 heterocycles. The molecule has 2 aromatic rings. The van der Waals surface area contributed by atoms with Crippen LogP contribution in [0, 0.1) is 0 Å². The zero-order valence-electron chi connectivity index (χ0n) is 10.1. The number of rotatable bonds is 2. The van der Waals surface area contributed by atoms with Crippen molar-refractivity contribution in [3.8, 4) is 0 Å². The van der Waals surface area contributed by atoms with Crippen molar-refractivity contribution in [2.24, 2.45) is 5.73 Å². The third-order valence-corrected chi connectivity index (χ3v) is 4.29. The van der Waals surface area contributed by atoms with Crippen molar-refractivity contribution >= 4 is 15.9 Å². The lowest BCUT2D eigenvalue weighted by molar-refractivity contribution is 0.451. The van der Waals surface area contributed by atoms with Crippen LogP contribution in [-0.4, -0.2) is 15.6 Å². The Morgan fingerprint density at radius 1 is 1.39 bits per heavy atom. The number of nitrogens with two attached hydrogens (primary N) is 1. The van der Waals surface area contributed by atoms with Gasteiger partial charge in [-0.2, -0.15) is 0 Å². The molecule has 1 aromatic heterocycles. The highest BCUT2D eigenvalue weighted by Gasteiger charge is 2.19. The van der Waals surface area contributed by atoms with E-state index in [0.717, 1.165) is 36.1 Å². The zero-order chi connectivity index (χ0) is 12.5. The quantitative estimate of drug-likeness (QED) is 0.926. The summed E-state index contributed by atoms with van der Waals surface area (Å²) < 4.78 is 3.43. The van der Waals surface area contributed by atoms with Crippen molar-refractivity contribution in [1.29, 1.82) is 0 Å². The van der Waals surface area contributed by atoms with Gasteiger partial charge in [0.1, 0.15) is 5.82 Å². The molecule has 1 aromatic carbocycles. The third kappa shape index (κ3) is 2.22. The number of benzene rings is 1. The number of aryl methyl sites for hydroxylation is 1. The molecule has 0 spiro atoms. The fourth-order valence-corrected chi connectivity index (χ4v) is 2.91. The van der Waals surface area contributed by atoms with Crippen LogP contribution >= 0.6 is 15.9 Å². The molecule has 0 saturated carbocycles. The van der Waals surface area contributed by atoms with E-state index in [2.05, 4.69) is 43.7 Å². The van der Waals surface area contributed by atoms with E-state index >= 15 is 0 Å². The molecule has 2 N–H and O–H groups in total. The van der Waals surface area contributed by atoms with Crippen molar-refractivity contribution in [2.75, 3.05) is 0 Å². The first-order valence-corrected chi connectivity index (χ1v) is 7.05. The Morgan fingerprint density at radius 2 is 2.22 bits per heavy atom. The maximum Gasteiger partial charge on any atom is 0.113 e. The Balaban J connectivity index is 1.90. The van der Waals surface area contributed by atoms with Crippen LogP contribution in [0.3, 0.4) is 0 Å². The second-order valence-corrected chi connectivity index (χ2v) is 5.70. The first-order chi connectivity index (χ1) is 8.74. The average molecular weight is 306 g/mol. The van der Waals surface area contributed by atoms with Crippen LogP contribution in [0.2, 0.25) is 0 Å². The highest BCUT2D eigenvalue weighted by Crippen LogP contribution is 2.22. The van der Waals surface area contributed by atoms with Crippen LogP contribution < -0.4 is 5.73 Å². The average Bonchev–Trinajstić information content (AvgIpc) is 2.75. The minimum absolute atomic E-state index is 0.268. The standard InChI is InChI=1S/C14H16BrN3/c15-13-4-2-1-3-10(13)7-14-17-8-12-6-5-11(16)9-18(12)14/h1-4,8,11H,5-7,9,16H2. The van der Waals surface area contributed by atoms with E-state index in [4.69, 9.17) is 5.73 Å². The van der Waals surface area contributed by atoms with Gasteiger partial charge >= 0.3 is 0 Å². The SMILES string of the molecule is NC1CCc2cnc(Cc3ccccc3Br)n2C1. The molecule has 1 aliphatic rings. The van der Waals surface area contributed by atoms with E-state index in [-0.39, 0.29) is 6.04 Å². The van der Waals surface area contributed by atoms with Crippen molar-refractivity contribution in [3.63, 3.8) is 0 Å². The molecule has 94 valence electrons. The Hall–Kier alpha value is -1.13. The van der Waals surface area contributed by atoms with Gasteiger partial charge in [0, 0.05) is 35.4 Å². The van der Waals surface area contributed by atoms with Gasteiger partial charge in [0.15, 0.2) is 0 Å². The van der Waals surface area contributed by atoms with Gasteiger partial charge in [-0.05, 0) is 24.5 Å². The number of hydrogen-bond acceptors (Lipinski definition) is 2. The van der Waals surface area contributed by atoms with E-state index in [1.165, 1.54) is 11.3 Å². The predicted molar refractivity (Wildman–Crippen MR) is 75.5 cm³/mol. The summed E-state index contributed by atoms with van der Waals surface area (Å²) in [4.78, 5) is 4.56. The summed E-state index contributed by atoms with van der Waals surface area (Å²) in [7, 11) is 0. The molecule has 0 saturated heterocycles. The normalized spacial score (nSPS) is 18.7. The fraction of sp³-hybridized carbons (Fsp3) is 0.357. The summed E-state index contributed by atoms with van der Waals surface area (Å²) in [6, 6.07) is 8.57. The molecular weight excluding hydrogens is 290 g/mol. The summed E-state index contributed by atoms with van der Waals surface area (Å²) in [5.41, 5.74) is 8.63. The fourth-order valence-electron chi connectivity index (χ4n) is 2.49. The van der Waals surface area contributed by atoms with Gasteiger partial charge in [0.25, 0.3) is 0 Å². The van der Waals surface area contributed by atoms with Crippen LogP contribution in [0.5, 0.6) is 0 Å². The lowest BCUT2D eigenvalue weighted by Gasteiger charge is -2.22. The van der Waals surface area contributed by atoms with Crippen molar-refractivity contribution in [1.82, 2.24) is 9.55 Å². The van der Waals surface area contributed by atoms with E-state index in [0.29, 0.717) is 0 Å². The molecule has 1 atom stereocenters. The maximum atomic E-state index is 6.04. The van der Waals surface area contributed by atoms with Crippen LogP contribution in [0.4, 0.5) is 0 Å². The van der Waals surface area contributed by atoms with E-state index < -0.39 is 0 Å². The number of aromatic nitrogens is 2. The van der Waals surface area contributed by atoms with Crippen LogP contribution in [-0.2, 0) is 19.4 Å². The van der Waals surface area contributed by atoms with Crippen LogP contribution in [0.25, 0.3) is 0 Å².